The first-order chi connectivity index (χ1) is 5.22. The summed E-state index contributed by atoms with van der Waals surface area (Å²) in [5.41, 5.74) is 0.836. The van der Waals surface area contributed by atoms with Crippen molar-refractivity contribution in [2.75, 3.05) is 0 Å². The first kappa shape index (κ1) is 8.24. The van der Waals surface area contributed by atoms with Gasteiger partial charge in [0.1, 0.15) is 0 Å². The van der Waals surface area contributed by atoms with E-state index in [1.807, 2.05) is 30.3 Å². The van der Waals surface area contributed by atoms with E-state index < -0.39 is 12.2 Å². The van der Waals surface area contributed by atoms with Gasteiger partial charge in [0.15, 0.2) is 6.29 Å². The summed E-state index contributed by atoms with van der Waals surface area (Å²) < 4.78 is 0. The van der Waals surface area contributed by atoms with Crippen LogP contribution in [0.5, 0.6) is 0 Å². The van der Waals surface area contributed by atoms with Crippen molar-refractivity contribution in [3.63, 3.8) is 0 Å². The molecule has 0 aliphatic rings. The second-order valence-corrected chi connectivity index (χ2v) is 2.43. The van der Waals surface area contributed by atoms with Gasteiger partial charge >= 0.3 is 0 Å². The van der Waals surface area contributed by atoms with Crippen LogP contribution >= 0.6 is 0 Å². The molecule has 0 aromatic heterocycles. The fraction of sp³-hybridized carbons (Fsp3) is 0.222. The molecule has 2 nitrogen and oxygen atoms in total. The van der Waals surface area contributed by atoms with Crippen LogP contribution in [0.15, 0.2) is 30.3 Å². The Bertz CT molecular complexity index is 206. The lowest BCUT2D eigenvalue weighted by Gasteiger charge is -2.12. The predicted octanol–water partition coefficient (Wildman–Crippen LogP) is 0.915. The largest absolute Gasteiger partial charge is 0.368 e. The van der Waals surface area contributed by atoms with Crippen LogP contribution in [0.2, 0.25) is 0 Å². The highest BCUT2D eigenvalue weighted by atomic mass is 16.5. The van der Waals surface area contributed by atoms with Crippen LogP contribution in [0, 0.1) is 6.92 Å². The molecule has 0 saturated heterocycles. The summed E-state index contributed by atoms with van der Waals surface area (Å²) in [5.74, 6) is -0.462. The van der Waals surface area contributed by atoms with Gasteiger partial charge in [-0.05, 0) is 12.5 Å². The van der Waals surface area contributed by atoms with Crippen molar-refractivity contribution >= 4 is 0 Å². The normalized spacial score (nSPS) is 13.5. The van der Waals surface area contributed by atoms with Gasteiger partial charge in [-0.15, -0.1) is 0 Å². The Morgan fingerprint density at radius 2 is 1.64 bits per heavy atom. The Labute approximate surface area is 66.1 Å². The Morgan fingerprint density at radius 3 is 2.09 bits per heavy atom. The first-order valence-corrected chi connectivity index (χ1v) is 3.46. The lowest BCUT2D eigenvalue weighted by Crippen LogP contribution is -2.14. The van der Waals surface area contributed by atoms with Gasteiger partial charge in [-0.3, -0.25) is 0 Å². The van der Waals surface area contributed by atoms with E-state index in [-0.39, 0.29) is 0 Å². The Morgan fingerprint density at radius 1 is 1.09 bits per heavy atom. The third kappa shape index (κ3) is 2.03. The minimum atomic E-state index is -1.38. The first-order valence-electron chi connectivity index (χ1n) is 3.46. The summed E-state index contributed by atoms with van der Waals surface area (Å²) in [6.07, 6.45) is -1.38. The number of rotatable bonds is 2. The van der Waals surface area contributed by atoms with E-state index in [9.17, 15) is 0 Å². The summed E-state index contributed by atoms with van der Waals surface area (Å²) in [5, 5.41) is 17.5. The molecule has 0 spiro atoms. The molecule has 1 radical (unpaired) electrons. The van der Waals surface area contributed by atoms with E-state index >= 15 is 0 Å². The molecule has 59 valence electrons. The maximum absolute atomic E-state index is 8.77. The van der Waals surface area contributed by atoms with Crippen LogP contribution in [-0.2, 0) is 0 Å². The van der Waals surface area contributed by atoms with Crippen LogP contribution < -0.4 is 0 Å². The molecule has 1 aromatic rings. The van der Waals surface area contributed by atoms with E-state index in [0.717, 1.165) is 5.56 Å². The van der Waals surface area contributed by atoms with Gasteiger partial charge in [-0.1, -0.05) is 30.3 Å². The number of aliphatic hydroxyl groups is 2. The molecule has 1 atom stereocenters. The van der Waals surface area contributed by atoms with Crippen LogP contribution in [-0.4, -0.2) is 16.5 Å². The fourth-order valence-electron chi connectivity index (χ4n) is 0.872. The second kappa shape index (κ2) is 3.51. The standard InChI is InChI=1S/C9H11O2/c1-7(9(10)11)8-5-3-2-4-6-8/h2-7,9-11H,1H2. The average Bonchev–Trinajstić information content (AvgIpc) is 2.05. The highest BCUT2D eigenvalue weighted by molar-refractivity contribution is 5.20. The SMILES string of the molecule is [CH2]C(c1ccccc1)C(O)O. The highest BCUT2D eigenvalue weighted by Gasteiger charge is 2.11. The molecule has 0 aliphatic carbocycles. The molecule has 1 aromatic carbocycles. The number of hydrogen-bond acceptors (Lipinski definition) is 2. The van der Waals surface area contributed by atoms with Gasteiger partial charge in [0, 0.05) is 5.92 Å². The summed E-state index contributed by atoms with van der Waals surface area (Å²) in [6, 6.07) is 9.19. The number of hydrogen-bond donors (Lipinski definition) is 2. The fourth-order valence-corrected chi connectivity index (χ4v) is 0.872. The minimum absolute atomic E-state index is 0.462. The van der Waals surface area contributed by atoms with Crippen LogP contribution in [0.4, 0.5) is 0 Å². The maximum Gasteiger partial charge on any atom is 0.158 e. The van der Waals surface area contributed by atoms with Crippen molar-refractivity contribution in [3.8, 4) is 0 Å². The zero-order chi connectivity index (χ0) is 8.27. The van der Waals surface area contributed by atoms with Crippen molar-refractivity contribution in [2.45, 2.75) is 12.2 Å². The summed E-state index contributed by atoms with van der Waals surface area (Å²) in [7, 11) is 0. The molecule has 11 heavy (non-hydrogen) atoms. The van der Waals surface area contributed by atoms with Gasteiger partial charge in [-0.2, -0.15) is 0 Å². The second-order valence-electron chi connectivity index (χ2n) is 2.43. The van der Waals surface area contributed by atoms with E-state index in [1.165, 1.54) is 0 Å². The van der Waals surface area contributed by atoms with Crippen molar-refractivity contribution in [1.82, 2.24) is 0 Å². The maximum atomic E-state index is 8.77. The Hall–Kier alpha value is -0.860. The lowest BCUT2D eigenvalue weighted by molar-refractivity contribution is -0.0503. The molecule has 0 saturated carbocycles. The predicted molar refractivity (Wildman–Crippen MR) is 42.8 cm³/mol. The minimum Gasteiger partial charge on any atom is -0.368 e. The smallest absolute Gasteiger partial charge is 0.158 e. The average molecular weight is 151 g/mol. The third-order valence-electron chi connectivity index (χ3n) is 1.59. The molecule has 1 unspecified atom stereocenters. The Balaban J connectivity index is 2.77. The number of benzene rings is 1. The summed E-state index contributed by atoms with van der Waals surface area (Å²) in [4.78, 5) is 0. The van der Waals surface area contributed by atoms with Gasteiger partial charge in [-0.25, -0.2) is 0 Å². The van der Waals surface area contributed by atoms with E-state index in [0.29, 0.717) is 0 Å². The van der Waals surface area contributed by atoms with E-state index in [4.69, 9.17) is 10.2 Å². The molecule has 0 fully saturated rings. The van der Waals surface area contributed by atoms with Crippen molar-refractivity contribution in [2.24, 2.45) is 0 Å². The van der Waals surface area contributed by atoms with Crippen molar-refractivity contribution < 1.29 is 10.2 Å². The van der Waals surface area contributed by atoms with Crippen LogP contribution in [0.1, 0.15) is 11.5 Å². The monoisotopic (exact) mass is 151 g/mol. The molecule has 0 aliphatic heterocycles. The van der Waals surface area contributed by atoms with Crippen LogP contribution in [0.3, 0.4) is 0 Å². The van der Waals surface area contributed by atoms with Crippen LogP contribution in [0.25, 0.3) is 0 Å². The van der Waals surface area contributed by atoms with Crippen molar-refractivity contribution in [3.05, 3.63) is 42.8 Å². The molecule has 0 bridgehead atoms. The quantitative estimate of drug-likeness (QED) is 0.617. The zero-order valence-corrected chi connectivity index (χ0v) is 6.14. The molecule has 2 N–H and O–H groups in total. The van der Waals surface area contributed by atoms with E-state index in [1.54, 1.807) is 0 Å². The highest BCUT2D eigenvalue weighted by Crippen LogP contribution is 2.16. The van der Waals surface area contributed by atoms with Gasteiger partial charge in [0.25, 0.3) is 0 Å². The summed E-state index contributed by atoms with van der Waals surface area (Å²) in [6.45, 7) is 3.61. The van der Waals surface area contributed by atoms with Crippen molar-refractivity contribution in [1.29, 1.82) is 0 Å². The molecule has 0 heterocycles. The molecular formula is C9H11O2. The molecule has 0 amide bonds. The Kier molecular flexibility index (Phi) is 2.63. The van der Waals surface area contributed by atoms with Gasteiger partial charge in [0.2, 0.25) is 0 Å². The molecular weight excluding hydrogens is 140 g/mol. The third-order valence-corrected chi connectivity index (χ3v) is 1.59. The zero-order valence-electron chi connectivity index (χ0n) is 6.14. The lowest BCUT2D eigenvalue weighted by atomic mass is 10.0. The summed E-state index contributed by atoms with van der Waals surface area (Å²) >= 11 is 0. The van der Waals surface area contributed by atoms with Gasteiger partial charge in [0.05, 0.1) is 0 Å². The molecule has 1 rings (SSSR count). The molecule has 2 heteroatoms. The topological polar surface area (TPSA) is 40.5 Å². The number of aliphatic hydroxyl groups excluding tert-OH is 1. The van der Waals surface area contributed by atoms with E-state index in [2.05, 4.69) is 6.92 Å². The van der Waals surface area contributed by atoms with Gasteiger partial charge < -0.3 is 10.2 Å².